The van der Waals surface area contributed by atoms with Crippen LogP contribution in [0.15, 0.2) is 0 Å². The van der Waals surface area contributed by atoms with Gasteiger partial charge in [0.05, 0.1) is 6.04 Å². The molecule has 0 aromatic rings. The zero-order chi connectivity index (χ0) is 9.94. The largest absolute Gasteiger partial charge is 0.368 e. The number of carbonyl (C=O) groups excluding carboxylic acids is 1. The second-order valence-corrected chi connectivity index (χ2v) is 4.32. The third-order valence-electron chi connectivity index (χ3n) is 2.48. The maximum atomic E-state index is 11.0. The molecule has 2 unspecified atom stereocenters. The monoisotopic (exact) mass is 172 g/mol. The van der Waals surface area contributed by atoms with Crippen LogP contribution in [0.5, 0.6) is 0 Å². The molecule has 12 heavy (non-hydrogen) atoms. The first kappa shape index (κ1) is 11.4. The molecular formula is C9H20N2O. The molecule has 0 aliphatic rings. The lowest BCUT2D eigenvalue weighted by Crippen LogP contribution is -2.47. The highest BCUT2D eigenvalue weighted by molar-refractivity contribution is 5.80. The molecule has 3 N–H and O–H groups in total. The zero-order valence-electron chi connectivity index (χ0n) is 8.64. The third kappa shape index (κ3) is 2.81. The summed E-state index contributed by atoms with van der Waals surface area (Å²) >= 11 is 0. The lowest BCUT2D eigenvalue weighted by atomic mass is 9.77. The Balaban J connectivity index is 4.42. The van der Waals surface area contributed by atoms with Gasteiger partial charge in [-0.25, -0.2) is 0 Å². The topological polar surface area (TPSA) is 55.1 Å². The first-order valence-electron chi connectivity index (χ1n) is 4.27. The van der Waals surface area contributed by atoms with Gasteiger partial charge in [0.2, 0.25) is 5.91 Å². The van der Waals surface area contributed by atoms with Crippen molar-refractivity contribution in [3.05, 3.63) is 0 Å². The summed E-state index contributed by atoms with van der Waals surface area (Å²) in [6.07, 6.45) is 0. The summed E-state index contributed by atoms with van der Waals surface area (Å²) < 4.78 is 0. The lowest BCUT2D eigenvalue weighted by molar-refractivity contribution is -0.122. The van der Waals surface area contributed by atoms with Gasteiger partial charge in [0.15, 0.2) is 0 Å². The van der Waals surface area contributed by atoms with Crippen molar-refractivity contribution in [1.29, 1.82) is 0 Å². The fourth-order valence-electron chi connectivity index (χ4n) is 1.14. The van der Waals surface area contributed by atoms with Crippen molar-refractivity contribution in [3.8, 4) is 0 Å². The Labute approximate surface area is 74.7 Å². The van der Waals surface area contributed by atoms with Gasteiger partial charge in [-0.3, -0.25) is 4.79 Å². The molecule has 0 rings (SSSR count). The number of nitrogens with one attached hydrogen (secondary N) is 1. The van der Waals surface area contributed by atoms with E-state index in [4.69, 9.17) is 5.73 Å². The second-order valence-electron chi connectivity index (χ2n) is 4.32. The standard InChI is InChI=1S/C9H20N2O/c1-6(9(2,3)4)7(11-5)8(10)12/h6-7,11H,1-5H3,(H2,10,12). The van der Waals surface area contributed by atoms with Crippen LogP contribution in [-0.2, 0) is 4.79 Å². The van der Waals surface area contributed by atoms with Gasteiger partial charge in [0, 0.05) is 0 Å². The van der Waals surface area contributed by atoms with Gasteiger partial charge >= 0.3 is 0 Å². The van der Waals surface area contributed by atoms with Crippen LogP contribution in [0.1, 0.15) is 27.7 Å². The maximum absolute atomic E-state index is 11.0. The molecular weight excluding hydrogens is 152 g/mol. The summed E-state index contributed by atoms with van der Waals surface area (Å²) in [6.45, 7) is 8.34. The predicted octanol–water partition coefficient (Wildman–Crippen LogP) is 0.742. The SMILES string of the molecule is CNC(C(N)=O)C(C)C(C)(C)C. The number of nitrogens with two attached hydrogens (primary N) is 1. The summed E-state index contributed by atoms with van der Waals surface area (Å²) in [5.41, 5.74) is 5.34. The molecule has 3 nitrogen and oxygen atoms in total. The highest BCUT2D eigenvalue weighted by atomic mass is 16.1. The number of hydrogen-bond acceptors (Lipinski definition) is 2. The van der Waals surface area contributed by atoms with Gasteiger partial charge in [-0.05, 0) is 18.4 Å². The van der Waals surface area contributed by atoms with Crippen LogP contribution < -0.4 is 11.1 Å². The number of carbonyl (C=O) groups is 1. The Morgan fingerprint density at radius 2 is 1.83 bits per heavy atom. The van der Waals surface area contributed by atoms with Crippen LogP contribution in [0.2, 0.25) is 0 Å². The van der Waals surface area contributed by atoms with Gasteiger partial charge in [0.25, 0.3) is 0 Å². The molecule has 0 radical (unpaired) electrons. The van der Waals surface area contributed by atoms with E-state index in [0.717, 1.165) is 0 Å². The molecule has 0 fully saturated rings. The average Bonchev–Trinajstić information content (AvgIpc) is 1.86. The van der Waals surface area contributed by atoms with E-state index in [0.29, 0.717) is 0 Å². The fraction of sp³-hybridized carbons (Fsp3) is 0.889. The molecule has 0 bridgehead atoms. The quantitative estimate of drug-likeness (QED) is 0.659. The highest BCUT2D eigenvalue weighted by Crippen LogP contribution is 2.27. The summed E-state index contributed by atoms with van der Waals surface area (Å²) in [5, 5.41) is 2.93. The molecule has 0 spiro atoms. The van der Waals surface area contributed by atoms with Gasteiger partial charge in [-0.2, -0.15) is 0 Å². The van der Waals surface area contributed by atoms with Crippen LogP contribution >= 0.6 is 0 Å². The zero-order valence-corrected chi connectivity index (χ0v) is 8.64. The van der Waals surface area contributed by atoms with E-state index in [1.807, 2.05) is 6.92 Å². The average molecular weight is 172 g/mol. The van der Waals surface area contributed by atoms with Crippen molar-refractivity contribution in [1.82, 2.24) is 5.32 Å². The van der Waals surface area contributed by atoms with E-state index in [1.54, 1.807) is 7.05 Å². The molecule has 0 aromatic carbocycles. The summed E-state index contributed by atoms with van der Waals surface area (Å²) in [7, 11) is 1.76. The summed E-state index contributed by atoms with van der Waals surface area (Å²) in [6, 6.07) is -0.231. The fourth-order valence-corrected chi connectivity index (χ4v) is 1.14. The van der Waals surface area contributed by atoms with Gasteiger partial charge in [-0.1, -0.05) is 27.7 Å². The van der Waals surface area contributed by atoms with E-state index >= 15 is 0 Å². The van der Waals surface area contributed by atoms with E-state index in [1.165, 1.54) is 0 Å². The van der Waals surface area contributed by atoms with Gasteiger partial charge in [0.1, 0.15) is 0 Å². The molecule has 72 valence electrons. The minimum atomic E-state index is -0.278. The Morgan fingerprint density at radius 1 is 1.42 bits per heavy atom. The Kier molecular flexibility index (Phi) is 3.71. The third-order valence-corrected chi connectivity index (χ3v) is 2.48. The first-order chi connectivity index (χ1) is 5.30. The number of rotatable bonds is 3. The van der Waals surface area contributed by atoms with Crippen molar-refractivity contribution in [2.45, 2.75) is 33.7 Å². The number of amides is 1. The second kappa shape index (κ2) is 3.90. The van der Waals surface area contributed by atoms with E-state index < -0.39 is 0 Å². The summed E-state index contributed by atoms with van der Waals surface area (Å²) in [5.74, 6) is -0.0417. The smallest absolute Gasteiger partial charge is 0.234 e. The molecule has 0 aliphatic carbocycles. The molecule has 2 atom stereocenters. The lowest BCUT2D eigenvalue weighted by Gasteiger charge is -2.32. The van der Waals surface area contributed by atoms with Crippen LogP contribution in [0.25, 0.3) is 0 Å². The van der Waals surface area contributed by atoms with E-state index in [9.17, 15) is 4.79 Å². The van der Waals surface area contributed by atoms with Crippen LogP contribution in [-0.4, -0.2) is 19.0 Å². The minimum absolute atomic E-state index is 0.0999. The Bertz CT molecular complexity index is 160. The number of likely N-dealkylation sites (N-methyl/N-ethyl adjacent to an activating group) is 1. The van der Waals surface area contributed by atoms with Crippen LogP contribution in [0, 0.1) is 11.3 Å². The Hall–Kier alpha value is -0.570. The van der Waals surface area contributed by atoms with E-state index in [2.05, 4.69) is 26.1 Å². The molecule has 0 saturated carbocycles. The molecule has 0 aromatic heterocycles. The van der Waals surface area contributed by atoms with E-state index in [-0.39, 0.29) is 23.3 Å². The Morgan fingerprint density at radius 3 is 1.92 bits per heavy atom. The van der Waals surface area contributed by atoms with Crippen molar-refractivity contribution in [2.75, 3.05) is 7.05 Å². The van der Waals surface area contributed by atoms with Crippen LogP contribution in [0.3, 0.4) is 0 Å². The van der Waals surface area contributed by atoms with Crippen LogP contribution in [0.4, 0.5) is 0 Å². The van der Waals surface area contributed by atoms with Gasteiger partial charge < -0.3 is 11.1 Å². The molecule has 0 saturated heterocycles. The molecule has 1 amide bonds. The minimum Gasteiger partial charge on any atom is -0.368 e. The summed E-state index contributed by atoms with van der Waals surface area (Å²) in [4.78, 5) is 11.0. The van der Waals surface area contributed by atoms with Crippen molar-refractivity contribution >= 4 is 5.91 Å². The number of primary amides is 1. The highest BCUT2D eigenvalue weighted by Gasteiger charge is 2.30. The predicted molar refractivity (Wildman–Crippen MR) is 50.7 cm³/mol. The van der Waals surface area contributed by atoms with Gasteiger partial charge in [-0.15, -0.1) is 0 Å². The molecule has 3 heteroatoms. The molecule has 0 aliphatic heterocycles. The number of hydrogen-bond donors (Lipinski definition) is 2. The molecule has 0 heterocycles. The first-order valence-corrected chi connectivity index (χ1v) is 4.27. The van der Waals surface area contributed by atoms with Crippen molar-refractivity contribution in [3.63, 3.8) is 0 Å². The van der Waals surface area contributed by atoms with Crippen molar-refractivity contribution in [2.24, 2.45) is 17.1 Å². The maximum Gasteiger partial charge on any atom is 0.234 e. The normalized spacial score (nSPS) is 17.1. The van der Waals surface area contributed by atoms with Crippen molar-refractivity contribution < 1.29 is 4.79 Å².